The molecule has 0 heterocycles. The molecule has 13 heavy (non-hydrogen) atoms. The van der Waals surface area contributed by atoms with E-state index in [1.54, 1.807) is 0 Å². The van der Waals surface area contributed by atoms with Gasteiger partial charge < -0.3 is 5.73 Å². The van der Waals surface area contributed by atoms with Crippen LogP contribution in [0.25, 0.3) is 0 Å². The van der Waals surface area contributed by atoms with Gasteiger partial charge in [-0.25, -0.2) is 4.39 Å². The summed E-state index contributed by atoms with van der Waals surface area (Å²) in [5, 5.41) is 0. The van der Waals surface area contributed by atoms with Crippen LogP contribution in [0.2, 0.25) is 0 Å². The molecule has 0 aliphatic rings. The molecular weight excluding hydrogens is 167 g/mol. The average Bonchev–Trinajstić information content (AvgIpc) is 2.09. The first kappa shape index (κ1) is 9.99. The number of alkyl halides is 1. The molecule has 0 aliphatic heterocycles. The van der Waals surface area contributed by atoms with Gasteiger partial charge in [0.2, 0.25) is 0 Å². The van der Waals surface area contributed by atoms with Crippen LogP contribution in [0.15, 0.2) is 24.3 Å². The van der Waals surface area contributed by atoms with E-state index in [4.69, 9.17) is 5.73 Å². The van der Waals surface area contributed by atoms with Crippen LogP contribution in [-0.2, 0) is 6.54 Å². The highest BCUT2D eigenvalue weighted by Gasteiger charge is 2.01. The van der Waals surface area contributed by atoms with Crippen molar-refractivity contribution in [3.63, 3.8) is 0 Å². The van der Waals surface area contributed by atoms with Gasteiger partial charge in [0.05, 0.1) is 0 Å². The van der Waals surface area contributed by atoms with E-state index in [2.05, 4.69) is 0 Å². The van der Waals surface area contributed by atoms with Gasteiger partial charge in [-0.15, -0.1) is 0 Å². The van der Waals surface area contributed by atoms with E-state index in [0.717, 1.165) is 11.3 Å². The highest BCUT2D eigenvalue weighted by molar-refractivity contribution is 5.46. The second-order valence-corrected chi connectivity index (χ2v) is 3.13. The van der Waals surface area contributed by atoms with Crippen LogP contribution in [0.1, 0.15) is 5.56 Å². The van der Waals surface area contributed by atoms with Crippen molar-refractivity contribution >= 4 is 5.69 Å². The Morgan fingerprint density at radius 2 is 2.08 bits per heavy atom. The molecule has 0 aliphatic carbocycles. The zero-order chi connectivity index (χ0) is 9.68. The molecule has 0 saturated heterocycles. The molecule has 0 spiro atoms. The summed E-state index contributed by atoms with van der Waals surface area (Å²) in [6, 6.07) is 7.66. The molecule has 0 saturated carbocycles. The SMILES string of the molecule is CN(CCF)Cc1ccccc1N. The van der Waals surface area contributed by atoms with E-state index >= 15 is 0 Å². The van der Waals surface area contributed by atoms with Gasteiger partial charge in [-0.1, -0.05) is 18.2 Å². The average molecular weight is 182 g/mol. The molecule has 0 atom stereocenters. The van der Waals surface area contributed by atoms with Gasteiger partial charge in [0, 0.05) is 18.8 Å². The third-order valence-corrected chi connectivity index (χ3v) is 1.96. The first-order chi connectivity index (χ1) is 6.24. The van der Waals surface area contributed by atoms with Crippen LogP contribution in [0.5, 0.6) is 0 Å². The van der Waals surface area contributed by atoms with Gasteiger partial charge in [0.25, 0.3) is 0 Å². The van der Waals surface area contributed by atoms with Crippen molar-refractivity contribution in [1.82, 2.24) is 4.90 Å². The van der Waals surface area contributed by atoms with Crippen molar-refractivity contribution in [2.75, 3.05) is 26.0 Å². The molecule has 0 radical (unpaired) electrons. The van der Waals surface area contributed by atoms with E-state index < -0.39 is 0 Å². The third-order valence-electron chi connectivity index (χ3n) is 1.96. The Morgan fingerprint density at radius 1 is 1.38 bits per heavy atom. The highest BCUT2D eigenvalue weighted by atomic mass is 19.1. The van der Waals surface area contributed by atoms with Gasteiger partial charge >= 0.3 is 0 Å². The van der Waals surface area contributed by atoms with E-state index in [1.807, 2.05) is 36.2 Å². The molecule has 0 unspecified atom stereocenters. The first-order valence-corrected chi connectivity index (χ1v) is 4.32. The number of para-hydroxylation sites is 1. The summed E-state index contributed by atoms with van der Waals surface area (Å²) < 4.78 is 12.0. The van der Waals surface area contributed by atoms with Crippen LogP contribution in [-0.4, -0.2) is 25.2 Å². The summed E-state index contributed by atoms with van der Waals surface area (Å²) >= 11 is 0. The van der Waals surface area contributed by atoms with E-state index in [0.29, 0.717) is 13.1 Å². The monoisotopic (exact) mass is 182 g/mol. The number of anilines is 1. The molecule has 1 aromatic carbocycles. The number of hydrogen-bond donors (Lipinski definition) is 1. The van der Waals surface area contributed by atoms with E-state index in [1.165, 1.54) is 0 Å². The molecule has 3 heteroatoms. The van der Waals surface area contributed by atoms with Crippen molar-refractivity contribution in [3.8, 4) is 0 Å². The minimum absolute atomic E-state index is 0.316. The Hall–Kier alpha value is -1.09. The fourth-order valence-electron chi connectivity index (χ4n) is 1.19. The van der Waals surface area contributed by atoms with Crippen molar-refractivity contribution in [2.45, 2.75) is 6.54 Å². The van der Waals surface area contributed by atoms with Crippen molar-refractivity contribution in [1.29, 1.82) is 0 Å². The maximum atomic E-state index is 12.0. The lowest BCUT2D eigenvalue weighted by molar-refractivity contribution is 0.289. The van der Waals surface area contributed by atoms with Crippen LogP contribution in [0, 0.1) is 0 Å². The first-order valence-electron chi connectivity index (χ1n) is 4.32. The van der Waals surface area contributed by atoms with Gasteiger partial charge in [-0.05, 0) is 18.7 Å². The predicted octanol–water partition coefficient (Wildman–Crippen LogP) is 1.67. The number of nitrogens with zero attached hydrogens (tertiary/aromatic N) is 1. The standard InChI is InChI=1S/C10H15FN2/c1-13(7-6-11)8-9-4-2-3-5-10(9)12/h2-5H,6-8,12H2,1H3. The molecule has 2 N–H and O–H groups in total. The smallest absolute Gasteiger partial charge is 0.102 e. The van der Waals surface area contributed by atoms with E-state index in [9.17, 15) is 4.39 Å². The molecule has 72 valence electrons. The lowest BCUT2D eigenvalue weighted by Gasteiger charge is -2.15. The summed E-state index contributed by atoms with van der Waals surface area (Å²) in [5.41, 5.74) is 7.57. The summed E-state index contributed by atoms with van der Waals surface area (Å²) in [6.45, 7) is 0.841. The fraction of sp³-hybridized carbons (Fsp3) is 0.400. The lowest BCUT2D eigenvalue weighted by Crippen LogP contribution is -2.20. The minimum atomic E-state index is -0.316. The number of halogens is 1. The fourth-order valence-corrected chi connectivity index (χ4v) is 1.19. The summed E-state index contributed by atoms with van der Waals surface area (Å²) in [5.74, 6) is 0. The van der Waals surface area contributed by atoms with Crippen molar-refractivity contribution in [2.24, 2.45) is 0 Å². The van der Waals surface area contributed by atoms with Gasteiger partial charge in [0.15, 0.2) is 0 Å². The number of rotatable bonds is 4. The number of hydrogen-bond acceptors (Lipinski definition) is 2. The highest BCUT2D eigenvalue weighted by Crippen LogP contribution is 2.12. The maximum Gasteiger partial charge on any atom is 0.102 e. The van der Waals surface area contributed by atoms with Crippen LogP contribution < -0.4 is 5.73 Å². The summed E-state index contributed by atoms with van der Waals surface area (Å²) in [7, 11) is 1.88. The Morgan fingerprint density at radius 3 is 2.69 bits per heavy atom. The third kappa shape index (κ3) is 3.03. The zero-order valence-electron chi connectivity index (χ0n) is 7.83. The molecule has 2 nitrogen and oxygen atoms in total. The zero-order valence-corrected chi connectivity index (χ0v) is 7.83. The number of benzene rings is 1. The molecule has 0 bridgehead atoms. The molecule has 0 aromatic heterocycles. The van der Waals surface area contributed by atoms with Gasteiger partial charge in [0.1, 0.15) is 6.67 Å². The van der Waals surface area contributed by atoms with E-state index in [-0.39, 0.29) is 6.67 Å². The summed E-state index contributed by atoms with van der Waals surface area (Å²) in [6.07, 6.45) is 0. The van der Waals surface area contributed by atoms with Gasteiger partial charge in [-0.3, -0.25) is 4.90 Å². The molecule has 1 aromatic rings. The molecule has 1 rings (SSSR count). The minimum Gasteiger partial charge on any atom is -0.398 e. The Balaban J connectivity index is 2.58. The maximum absolute atomic E-state index is 12.0. The largest absolute Gasteiger partial charge is 0.398 e. The molecular formula is C10H15FN2. The number of nitrogen functional groups attached to an aromatic ring is 1. The number of nitrogens with two attached hydrogens (primary N) is 1. The Labute approximate surface area is 78.2 Å². The Bertz CT molecular complexity index is 263. The lowest BCUT2D eigenvalue weighted by atomic mass is 10.2. The van der Waals surface area contributed by atoms with Crippen LogP contribution in [0.3, 0.4) is 0 Å². The molecule has 0 fully saturated rings. The second-order valence-electron chi connectivity index (χ2n) is 3.13. The van der Waals surface area contributed by atoms with Gasteiger partial charge in [-0.2, -0.15) is 0 Å². The van der Waals surface area contributed by atoms with Crippen molar-refractivity contribution in [3.05, 3.63) is 29.8 Å². The van der Waals surface area contributed by atoms with Crippen molar-refractivity contribution < 1.29 is 4.39 Å². The van der Waals surface area contributed by atoms with Crippen LogP contribution >= 0.6 is 0 Å². The topological polar surface area (TPSA) is 29.3 Å². The second kappa shape index (κ2) is 4.82. The quantitative estimate of drug-likeness (QED) is 0.718. The van der Waals surface area contributed by atoms with Crippen LogP contribution in [0.4, 0.5) is 10.1 Å². The molecule has 0 amide bonds. The predicted molar refractivity (Wildman–Crippen MR) is 53.2 cm³/mol. The summed E-state index contributed by atoms with van der Waals surface area (Å²) in [4.78, 5) is 1.91. The normalized spacial score (nSPS) is 10.7. The Kier molecular flexibility index (Phi) is 3.71.